The molecule has 128 valence electrons. The number of carbonyl (C=O) groups excluding carboxylic acids is 2. The number of primary amides is 1. The number of nitrogens with two attached hydrogens (primary N) is 1. The molecule has 0 radical (unpaired) electrons. The summed E-state index contributed by atoms with van der Waals surface area (Å²) < 4.78 is 0.919. The molecule has 2 aromatic rings. The van der Waals surface area contributed by atoms with Crippen molar-refractivity contribution in [2.45, 2.75) is 18.9 Å². The summed E-state index contributed by atoms with van der Waals surface area (Å²) in [6.45, 7) is 3.22. The van der Waals surface area contributed by atoms with E-state index in [1.165, 1.54) is 11.3 Å². The van der Waals surface area contributed by atoms with Crippen LogP contribution in [0.4, 0.5) is 0 Å². The second-order valence-electron chi connectivity index (χ2n) is 6.55. The van der Waals surface area contributed by atoms with Gasteiger partial charge in [-0.05, 0) is 49.9 Å². The Kier molecular flexibility index (Phi) is 4.15. The predicted octanol–water partition coefficient (Wildman–Crippen LogP) is 0.957. The van der Waals surface area contributed by atoms with Gasteiger partial charge in [-0.2, -0.15) is 0 Å². The number of hydrogen-bond donors (Lipinski definition) is 2. The zero-order valence-corrected chi connectivity index (χ0v) is 14.4. The zero-order chi connectivity index (χ0) is 17.4. The van der Waals surface area contributed by atoms with Crippen molar-refractivity contribution in [1.82, 2.24) is 15.2 Å². The van der Waals surface area contributed by atoms with Gasteiger partial charge in [0.05, 0.1) is 4.88 Å². The standard InChI is InChI=1S/C18H18N4O2S/c19-17(23)2-1-13-7-12-9-20-14(8-16(12)25-13)18(24)21-15-10-22-5-3-11(15)4-6-22/h7-9,11,15H,3-6,10H2,(H2,19,23)(H,21,24)/t15-/m0/s1. The van der Waals surface area contributed by atoms with E-state index in [4.69, 9.17) is 5.73 Å². The molecule has 3 aliphatic heterocycles. The summed E-state index contributed by atoms with van der Waals surface area (Å²) in [5.74, 6) is 4.84. The normalized spacial score (nSPS) is 24.6. The molecule has 2 aromatic heterocycles. The maximum absolute atomic E-state index is 12.6. The molecule has 0 unspecified atom stereocenters. The van der Waals surface area contributed by atoms with Crippen molar-refractivity contribution in [3.63, 3.8) is 0 Å². The molecule has 0 aliphatic carbocycles. The van der Waals surface area contributed by atoms with Crippen LogP contribution in [-0.4, -0.2) is 47.4 Å². The highest BCUT2D eigenvalue weighted by atomic mass is 32.1. The summed E-state index contributed by atoms with van der Waals surface area (Å²) >= 11 is 1.42. The molecule has 5 rings (SSSR count). The highest BCUT2D eigenvalue weighted by molar-refractivity contribution is 7.19. The van der Waals surface area contributed by atoms with Crippen molar-refractivity contribution in [3.05, 3.63) is 28.9 Å². The van der Waals surface area contributed by atoms with E-state index in [2.05, 4.69) is 27.0 Å². The molecule has 25 heavy (non-hydrogen) atoms. The van der Waals surface area contributed by atoms with E-state index < -0.39 is 5.91 Å². The molecule has 0 spiro atoms. The molecule has 7 heteroatoms. The number of pyridine rings is 1. The third-order valence-corrected chi connectivity index (χ3v) is 5.93. The average Bonchev–Trinajstić information content (AvgIpc) is 3.03. The van der Waals surface area contributed by atoms with Crippen molar-refractivity contribution >= 4 is 33.2 Å². The van der Waals surface area contributed by atoms with Gasteiger partial charge in [-0.3, -0.25) is 14.6 Å². The average molecular weight is 354 g/mol. The fourth-order valence-corrected chi connectivity index (χ4v) is 4.54. The third-order valence-electron chi connectivity index (χ3n) is 4.92. The summed E-state index contributed by atoms with van der Waals surface area (Å²) in [7, 11) is 0. The van der Waals surface area contributed by atoms with Gasteiger partial charge in [0.15, 0.2) is 0 Å². The van der Waals surface area contributed by atoms with Crippen LogP contribution in [0.5, 0.6) is 0 Å². The van der Waals surface area contributed by atoms with Crippen LogP contribution in [0.15, 0.2) is 18.3 Å². The highest BCUT2D eigenvalue weighted by Crippen LogP contribution is 2.28. The first-order valence-corrected chi connectivity index (χ1v) is 9.14. The van der Waals surface area contributed by atoms with Gasteiger partial charge in [-0.15, -0.1) is 11.3 Å². The van der Waals surface area contributed by atoms with Gasteiger partial charge in [0, 0.05) is 34.8 Å². The fraction of sp³-hybridized carbons (Fsp3) is 0.389. The Morgan fingerprint density at radius 1 is 1.32 bits per heavy atom. The first-order valence-electron chi connectivity index (χ1n) is 8.33. The summed E-state index contributed by atoms with van der Waals surface area (Å²) in [5.41, 5.74) is 5.45. The molecule has 5 heterocycles. The number of carbonyl (C=O) groups is 2. The lowest BCUT2D eigenvalue weighted by molar-refractivity contribution is -0.112. The highest BCUT2D eigenvalue weighted by Gasteiger charge is 2.35. The van der Waals surface area contributed by atoms with Gasteiger partial charge in [-0.25, -0.2) is 0 Å². The van der Waals surface area contributed by atoms with Crippen LogP contribution in [-0.2, 0) is 4.79 Å². The van der Waals surface area contributed by atoms with Crippen molar-refractivity contribution < 1.29 is 9.59 Å². The first-order chi connectivity index (χ1) is 12.1. The van der Waals surface area contributed by atoms with Crippen molar-refractivity contribution in [1.29, 1.82) is 0 Å². The number of fused-ring (bicyclic) bond motifs is 4. The number of nitrogens with one attached hydrogen (secondary N) is 1. The van der Waals surface area contributed by atoms with Gasteiger partial charge in [0.2, 0.25) is 0 Å². The Bertz CT molecular complexity index is 903. The van der Waals surface area contributed by atoms with Crippen molar-refractivity contribution in [2.24, 2.45) is 11.7 Å². The van der Waals surface area contributed by atoms with Gasteiger partial charge < -0.3 is 16.0 Å². The minimum atomic E-state index is -0.659. The Morgan fingerprint density at radius 3 is 2.80 bits per heavy atom. The topological polar surface area (TPSA) is 88.3 Å². The van der Waals surface area contributed by atoms with Gasteiger partial charge in [0.1, 0.15) is 5.69 Å². The molecule has 2 bridgehead atoms. The largest absolute Gasteiger partial charge is 0.359 e. The molecular formula is C18H18N4O2S. The van der Waals surface area contributed by atoms with E-state index in [1.54, 1.807) is 12.3 Å². The maximum atomic E-state index is 12.6. The molecule has 0 saturated carbocycles. The minimum absolute atomic E-state index is 0.126. The monoisotopic (exact) mass is 354 g/mol. The van der Waals surface area contributed by atoms with Crippen LogP contribution in [0, 0.1) is 17.8 Å². The lowest BCUT2D eigenvalue weighted by Gasteiger charge is -2.44. The Balaban J connectivity index is 1.52. The number of rotatable bonds is 2. The summed E-state index contributed by atoms with van der Waals surface area (Å²) in [6, 6.07) is 3.84. The third kappa shape index (κ3) is 3.36. The number of aromatic nitrogens is 1. The number of hydrogen-bond acceptors (Lipinski definition) is 5. The minimum Gasteiger partial charge on any atom is -0.359 e. The number of nitrogens with zero attached hydrogens (tertiary/aromatic N) is 2. The Labute approximate surface area is 149 Å². The predicted molar refractivity (Wildman–Crippen MR) is 96.1 cm³/mol. The van der Waals surface area contributed by atoms with Gasteiger partial charge >= 0.3 is 0 Å². The SMILES string of the molecule is NC(=O)C#Cc1cc2cnc(C(=O)N[C@H]3CN4CCC3CC4)cc2s1. The quantitative estimate of drug-likeness (QED) is 0.786. The molecule has 3 fully saturated rings. The lowest BCUT2D eigenvalue weighted by atomic mass is 9.84. The van der Waals surface area contributed by atoms with E-state index in [0.717, 1.165) is 47.4 Å². The molecule has 0 aromatic carbocycles. The van der Waals surface area contributed by atoms with Crippen molar-refractivity contribution in [3.8, 4) is 11.8 Å². The number of piperidine rings is 3. The molecule has 2 amide bonds. The van der Waals surface area contributed by atoms with Gasteiger partial charge in [-0.1, -0.05) is 0 Å². The van der Waals surface area contributed by atoms with Crippen LogP contribution < -0.4 is 11.1 Å². The first kappa shape index (κ1) is 16.1. The van der Waals surface area contributed by atoms with Crippen LogP contribution in [0.3, 0.4) is 0 Å². The maximum Gasteiger partial charge on any atom is 0.293 e. The van der Waals surface area contributed by atoms with Crippen LogP contribution in [0.2, 0.25) is 0 Å². The second kappa shape index (κ2) is 6.47. The fourth-order valence-electron chi connectivity index (χ4n) is 3.61. The molecule has 6 nitrogen and oxygen atoms in total. The van der Waals surface area contributed by atoms with E-state index >= 15 is 0 Å². The number of thiophene rings is 1. The molecular weight excluding hydrogens is 336 g/mol. The van der Waals surface area contributed by atoms with Crippen LogP contribution in [0.25, 0.3) is 10.1 Å². The summed E-state index contributed by atoms with van der Waals surface area (Å²) in [5, 5.41) is 4.05. The second-order valence-corrected chi connectivity index (χ2v) is 7.63. The molecule has 3 saturated heterocycles. The Hall–Kier alpha value is -2.43. The van der Waals surface area contributed by atoms with E-state index in [0.29, 0.717) is 11.6 Å². The smallest absolute Gasteiger partial charge is 0.293 e. The zero-order valence-electron chi connectivity index (χ0n) is 13.6. The van der Waals surface area contributed by atoms with E-state index in [1.807, 2.05) is 6.07 Å². The van der Waals surface area contributed by atoms with Crippen LogP contribution >= 0.6 is 11.3 Å². The van der Waals surface area contributed by atoms with E-state index in [-0.39, 0.29) is 11.9 Å². The molecule has 3 aliphatic rings. The van der Waals surface area contributed by atoms with Crippen molar-refractivity contribution in [2.75, 3.05) is 19.6 Å². The summed E-state index contributed by atoms with van der Waals surface area (Å²) in [6.07, 6.45) is 3.99. The van der Waals surface area contributed by atoms with Crippen LogP contribution in [0.1, 0.15) is 28.2 Å². The molecule has 3 N–H and O–H groups in total. The Morgan fingerprint density at radius 2 is 2.12 bits per heavy atom. The van der Waals surface area contributed by atoms with Gasteiger partial charge in [0.25, 0.3) is 11.8 Å². The summed E-state index contributed by atoms with van der Waals surface area (Å²) in [4.78, 5) is 30.8. The molecule has 1 atom stereocenters. The number of amides is 2. The van der Waals surface area contributed by atoms with E-state index in [9.17, 15) is 9.59 Å². The lowest BCUT2D eigenvalue weighted by Crippen LogP contribution is -2.57.